The zero-order valence-electron chi connectivity index (χ0n) is 27.6. The summed E-state index contributed by atoms with van der Waals surface area (Å²) in [4.78, 5) is 58.7. The third-order valence-corrected chi connectivity index (χ3v) is 10.6. The molecule has 2 aromatic carbocycles. The largest absolute Gasteiger partial charge is 0.455 e. The Kier molecular flexibility index (Phi) is 10.9. The second-order valence-corrected chi connectivity index (χ2v) is 14.0. The SMILES string of the molecule is C=CCCC(=O)N[C@H](C)[C@@H](OC(=O)[C@@H]1[C@H]2O[C@@]3(CC2Br)[C@H](C(=O)N(CC=C)c2c(C)cccc2C)N(CCO)C(=O)[C@@H]13)c1ccccc1. The molecular weight excluding hydrogens is 678 g/mol. The van der Waals surface area contributed by atoms with E-state index in [9.17, 15) is 24.3 Å². The number of halogens is 1. The van der Waals surface area contributed by atoms with E-state index in [1.165, 1.54) is 4.90 Å². The Hall–Kier alpha value is -3.80. The van der Waals surface area contributed by atoms with E-state index >= 15 is 0 Å². The van der Waals surface area contributed by atoms with E-state index in [0.717, 1.165) is 11.1 Å². The van der Waals surface area contributed by atoms with Crippen molar-refractivity contribution in [2.75, 3.05) is 24.6 Å². The number of para-hydroxylation sites is 1. The number of likely N-dealkylation sites (tertiary alicyclic amines) is 1. The lowest BCUT2D eigenvalue weighted by Crippen LogP contribution is -2.57. The minimum atomic E-state index is -1.34. The highest BCUT2D eigenvalue weighted by Gasteiger charge is 2.77. The van der Waals surface area contributed by atoms with Gasteiger partial charge in [-0.2, -0.15) is 0 Å². The molecule has 1 spiro atoms. The molecule has 2 aromatic rings. The second-order valence-electron chi connectivity index (χ2n) is 12.8. The van der Waals surface area contributed by atoms with Crippen molar-refractivity contribution in [3.05, 3.63) is 90.5 Å². The van der Waals surface area contributed by atoms with Crippen LogP contribution < -0.4 is 10.2 Å². The molecule has 0 aromatic heterocycles. The number of benzene rings is 2. The molecule has 256 valence electrons. The van der Waals surface area contributed by atoms with Crippen molar-refractivity contribution in [1.82, 2.24) is 10.2 Å². The Balaban J connectivity index is 1.50. The van der Waals surface area contributed by atoms with Gasteiger partial charge in [-0.25, -0.2) is 0 Å². The third kappa shape index (κ3) is 6.35. The van der Waals surface area contributed by atoms with Gasteiger partial charge in [0.1, 0.15) is 17.7 Å². The molecule has 3 fully saturated rings. The van der Waals surface area contributed by atoms with Crippen molar-refractivity contribution < 1.29 is 33.8 Å². The standard InChI is InChI=1S/C37H44BrN3O7/c1-6-8-17-27(43)39-24(5)31(25-15-10-9-11-16-25)47-36(46)28-29-34(44)41(19-20-42)33(37(29)21-26(38)32(28)48-37)35(45)40(18-7-2)30-22(3)13-12-14-23(30)4/h6-7,9-16,24,26,28-29,31-33,42H,1-2,8,17-21H2,3-5H3,(H,39,43)/t24-,26?,28+,29-,31-,32+,33+,37-/m1/s1. The number of allylic oxidation sites excluding steroid dienone is 1. The molecule has 48 heavy (non-hydrogen) atoms. The molecule has 3 aliphatic rings. The molecule has 2 N–H and O–H groups in total. The Labute approximate surface area is 290 Å². The van der Waals surface area contributed by atoms with Crippen molar-refractivity contribution in [2.45, 2.75) is 74.8 Å². The van der Waals surface area contributed by atoms with Gasteiger partial charge in [0.2, 0.25) is 11.8 Å². The molecular formula is C37H44BrN3O7. The number of aryl methyl sites for hydroxylation is 2. The molecule has 3 amide bonds. The van der Waals surface area contributed by atoms with E-state index in [-0.39, 0.29) is 42.8 Å². The highest BCUT2D eigenvalue weighted by Crippen LogP contribution is 2.60. The van der Waals surface area contributed by atoms with Crippen molar-refractivity contribution in [3.8, 4) is 0 Å². The summed E-state index contributed by atoms with van der Waals surface area (Å²) in [5.41, 5.74) is 1.82. The molecule has 2 bridgehead atoms. The first-order valence-electron chi connectivity index (χ1n) is 16.4. The number of alkyl halides is 1. The number of β-amino-alcohol motifs (C(OH)–C–C–N with tert-alkyl or cyclic N) is 1. The first-order valence-corrected chi connectivity index (χ1v) is 17.3. The van der Waals surface area contributed by atoms with Crippen LogP contribution in [0.2, 0.25) is 0 Å². The van der Waals surface area contributed by atoms with Gasteiger partial charge in [0, 0.05) is 30.0 Å². The summed E-state index contributed by atoms with van der Waals surface area (Å²) >= 11 is 3.71. The van der Waals surface area contributed by atoms with Crippen molar-refractivity contribution in [2.24, 2.45) is 11.8 Å². The summed E-state index contributed by atoms with van der Waals surface area (Å²) in [5, 5.41) is 13.0. The van der Waals surface area contributed by atoms with E-state index in [1.54, 1.807) is 24.0 Å². The maximum atomic E-state index is 14.8. The van der Waals surface area contributed by atoms with Gasteiger partial charge < -0.3 is 29.7 Å². The smallest absolute Gasteiger partial charge is 0.313 e. The highest BCUT2D eigenvalue weighted by molar-refractivity contribution is 9.09. The minimum Gasteiger partial charge on any atom is -0.455 e. The fourth-order valence-electron chi connectivity index (χ4n) is 7.77. The molecule has 0 aliphatic carbocycles. The normalized spacial score (nSPS) is 26.8. The number of ether oxygens (including phenoxy) is 2. The number of hydrogen-bond acceptors (Lipinski definition) is 7. The maximum absolute atomic E-state index is 14.8. The quantitative estimate of drug-likeness (QED) is 0.169. The number of nitrogens with zero attached hydrogens (tertiary/aromatic N) is 2. The lowest BCUT2D eigenvalue weighted by Gasteiger charge is -2.37. The number of aliphatic hydroxyl groups excluding tert-OH is 1. The maximum Gasteiger partial charge on any atom is 0.313 e. The average Bonchev–Trinajstić information content (AvgIpc) is 3.65. The number of amides is 3. The fraction of sp³-hybridized carbons (Fsp3) is 0.459. The summed E-state index contributed by atoms with van der Waals surface area (Å²) in [5.74, 6) is -3.71. The lowest BCUT2D eigenvalue weighted by molar-refractivity contribution is -0.162. The van der Waals surface area contributed by atoms with Crippen LogP contribution in [-0.4, -0.2) is 82.0 Å². The molecule has 0 saturated carbocycles. The van der Waals surface area contributed by atoms with Crippen molar-refractivity contribution >= 4 is 45.3 Å². The summed E-state index contributed by atoms with van der Waals surface area (Å²) in [6.07, 6.45) is 2.76. The van der Waals surface area contributed by atoms with Crippen LogP contribution in [0.3, 0.4) is 0 Å². The van der Waals surface area contributed by atoms with E-state index in [4.69, 9.17) is 9.47 Å². The number of nitrogens with one attached hydrogen (secondary N) is 1. The van der Waals surface area contributed by atoms with Gasteiger partial charge >= 0.3 is 5.97 Å². The Bertz CT molecular complexity index is 1550. The van der Waals surface area contributed by atoms with E-state index < -0.39 is 53.6 Å². The van der Waals surface area contributed by atoms with Gasteiger partial charge in [0.15, 0.2) is 0 Å². The van der Waals surface area contributed by atoms with Crippen LogP contribution >= 0.6 is 15.9 Å². The first-order chi connectivity index (χ1) is 23.0. The molecule has 5 rings (SSSR count). The van der Waals surface area contributed by atoms with Crippen LogP contribution in [0.1, 0.15) is 49.0 Å². The number of hydrogen-bond donors (Lipinski definition) is 2. The number of anilines is 1. The fourth-order valence-corrected chi connectivity index (χ4v) is 8.71. The number of fused-ring (bicyclic) bond motifs is 1. The number of esters is 1. The van der Waals surface area contributed by atoms with Gasteiger partial charge in [-0.05, 0) is 50.3 Å². The van der Waals surface area contributed by atoms with Gasteiger partial charge in [0.05, 0.1) is 30.6 Å². The van der Waals surface area contributed by atoms with Crippen molar-refractivity contribution in [3.63, 3.8) is 0 Å². The highest BCUT2D eigenvalue weighted by atomic mass is 79.9. The number of carbonyl (C=O) groups is 4. The summed E-state index contributed by atoms with van der Waals surface area (Å²) in [6, 6.07) is 13.2. The zero-order valence-corrected chi connectivity index (χ0v) is 29.2. The predicted octanol–water partition coefficient (Wildman–Crippen LogP) is 4.32. The molecule has 11 heteroatoms. The van der Waals surface area contributed by atoms with Crippen LogP contribution in [0.4, 0.5) is 5.69 Å². The van der Waals surface area contributed by atoms with E-state index in [0.29, 0.717) is 24.1 Å². The van der Waals surface area contributed by atoms with Crippen LogP contribution in [-0.2, 0) is 28.7 Å². The monoisotopic (exact) mass is 721 g/mol. The molecule has 8 atom stereocenters. The molecule has 3 heterocycles. The predicted molar refractivity (Wildman–Crippen MR) is 185 cm³/mol. The first kappa shape index (κ1) is 35.5. The Morgan fingerprint density at radius 2 is 1.83 bits per heavy atom. The topological polar surface area (TPSA) is 125 Å². The van der Waals surface area contributed by atoms with Crippen LogP contribution in [0.25, 0.3) is 0 Å². The van der Waals surface area contributed by atoms with Gasteiger partial charge in [0.25, 0.3) is 5.91 Å². The summed E-state index contributed by atoms with van der Waals surface area (Å²) in [6.45, 7) is 12.9. The number of aliphatic hydroxyl groups is 1. The van der Waals surface area contributed by atoms with Gasteiger partial charge in [-0.15, -0.1) is 13.2 Å². The zero-order chi connectivity index (χ0) is 34.7. The summed E-state index contributed by atoms with van der Waals surface area (Å²) < 4.78 is 12.9. The summed E-state index contributed by atoms with van der Waals surface area (Å²) in [7, 11) is 0. The third-order valence-electron chi connectivity index (χ3n) is 9.71. The molecule has 10 nitrogen and oxygen atoms in total. The van der Waals surface area contributed by atoms with Gasteiger partial charge in [-0.3, -0.25) is 19.2 Å². The van der Waals surface area contributed by atoms with E-state index in [2.05, 4.69) is 34.4 Å². The Morgan fingerprint density at radius 1 is 1.15 bits per heavy atom. The molecule has 3 saturated heterocycles. The molecule has 1 unspecified atom stereocenters. The average molecular weight is 723 g/mol. The molecule has 3 aliphatic heterocycles. The van der Waals surface area contributed by atoms with Crippen LogP contribution in [0.15, 0.2) is 73.8 Å². The van der Waals surface area contributed by atoms with Crippen LogP contribution in [0, 0.1) is 25.7 Å². The Morgan fingerprint density at radius 3 is 2.46 bits per heavy atom. The second kappa shape index (κ2) is 14.8. The minimum absolute atomic E-state index is 0.106. The number of rotatable bonds is 14. The van der Waals surface area contributed by atoms with Crippen molar-refractivity contribution in [1.29, 1.82) is 0 Å². The lowest BCUT2D eigenvalue weighted by atomic mass is 9.70. The molecule has 0 radical (unpaired) electrons. The van der Waals surface area contributed by atoms with E-state index in [1.807, 2.05) is 62.4 Å². The van der Waals surface area contributed by atoms with Crippen LogP contribution in [0.5, 0.6) is 0 Å². The number of carbonyl (C=O) groups excluding carboxylic acids is 4. The van der Waals surface area contributed by atoms with Gasteiger partial charge in [-0.1, -0.05) is 76.6 Å².